The molecule has 0 spiro atoms. The first-order valence-electron chi connectivity index (χ1n) is 6.12. The van der Waals surface area contributed by atoms with Crippen LogP contribution in [0.1, 0.15) is 20.3 Å². The molecular formula is C13H15F2NO3. The van der Waals surface area contributed by atoms with Gasteiger partial charge in [0.25, 0.3) is 0 Å². The second-order valence-electron chi connectivity index (χ2n) is 5.60. The molecule has 0 radical (unpaired) electrons. The van der Waals surface area contributed by atoms with E-state index in [1.54, 1.807) is 6.07 Å². The average molecular weight is 271 g/mol. The van der Waals surface area contributed by atoms with E-state index in [2.05, 4.69) is 14.8 Å². The molecule has 3 rings (SSSR count). The normalized spacial score (nSPS) is 29.7. The molecular weight excluding hydrogens is 256 g/mol. The average Bonchev–Trinajstić information content (AvgIpc) is 2.62. The number of nitrogens with one attached hydrogen (secondary N) is 1. The molecule has 2 atom stereocenters. The fourth-order valence-electron chi connectivity index (χ4n) is 2.39. The van der Waals surface area contributed by atoms with E-state index in [1.165, 1.54) is 12.1 Å². The molecule has 1 aliphatic heterocycles. The summed E-state index contributed by atoms with van der Waals surface area (Å²) in [6, 6.07) is 4.69. The van der Waals surface area contributed by atoms with Gasteiger partial charge in [0, 0.05) is 23.2 Å². The molecule has 1 heterocycles. The summed E-state index contributed by atoms with van der Waals surface area (Å²) in [5, 5.41) is 12.9. The highest BCUT2D eigenvalue weighted by molar-refractivity contribution is 5.56. The Balaban J connectivity index is 1.75. The summed E-state index contributed by atoms with van der Waals surface area (Å²) < 4.78 is 34.5. The van der Waals surface area contributed by atoms with E-state index in [0.717, 1.165) is 0 Å². The van der Waals surface area contributed by atoms with Crippen LogP contribution in [-0.4, -0.2) is 23.5 Å². The van der Waals surface area contributed by atoms with Gasteiger partial charge in [-0.25, -0.2) is 0 Å². The molecule has 2 unspecified atom stereocenters. The number of rotatable bonds is 2. The van der Waals surface area contributed by atoms with E-state index >= 15 is 0 Å². The van der Waals surface area contributed by atoms with Crippen LogP contribution in [0.25, 0.3) is 0 Å². The number of anilines is 1. The molecule has 2 aliphatic rings. The van der Waals surface area contributed by atoms with Crippen molar-refractivity contribution >= 4 is 5.69 Å². The highest BCUT2D eigenvalue weighted by atomic mass is 19.3. The molecule has 4 nitrogen and oxygen atoms in total. The second-order valence-corrected chi connectivity index (χ2v) is 5.60. The lowest BCUT2D eigenvalue weighted by molar-refractivity contribution is -0.286. The standard InChI is InChI=1S/C13H15F2NO3/c1-12(2)10(6-11(12)17)16-7-3-4-8-9(5-7)19-13(14,15)18-8/h3-5,10-11,16-17H,6H2,1-2H3. The van der Waals surface area contributed by atoms with Crippen LogP contribution >= 0.6 is 0 Å². The number of aliphatic hydroxyl groups excluding tert-OH is 1. The molecule has 1 aliphatic carbocycles. The zero-order valence-electron chi connectivity index (χ0n) is 10.6. The van der Waals surface area contributed by atoms with Gasteiger partial charge < -0.3 is 19.9 Å². The number of hydrogen-bond donors (Lipinski definition) is 2. The maximum absolute atomic E-state index is 12.9. The molecule has 1 aromatic carbocycles. The monoisotopic (exact) mass is 271 g/mol. The first-order chi connectivity index (χ1) is 8.78. The Bertz CT molecular complexity index is 519. The predicted molar refractivity (Wildman–Crippen MR) is 64.5 cm³/mol. The zero-order valence-corrected chi connectivity index (χ0v) is 10.6. The molecule has 6 heteroatoms. The summed E-state index contributed by atoms with van der Waals surface area (Å²) in [6.45, 7) is 3.92. The van der Waals surface area contributed by atoms with Crippen molar-refractivity contribution in [2.24, 2.45) is 5.41 Å². The van der Waals surface area contributed by atoms with E-state index in [-0.39, 0.29) is 29.1 Å². The van der Waals surface area contributed by atoms with E-state index in [4.69, 9.17) is 0 Å². The van der Waals surface area contributed by atoms with Gasteiger partial charge in [-0.2, -0.15) is 0 Å². The van der Waals surface area contributed by atoms with Gasteiger partial charge in [0.2, 0.25) is 0 Å². The summed E-state index contributed by atoms with van der Waals surface area (Å²) in [5.41, 5.74) is 0.436. The summed E-state index contributed by atoms with van der Waals surface area (Å²) >= 11 is 0. The molecule has 0 aromatic heterocycles. The summed E-state index contributed by atoms with van der Waals surface area (Å²) in [7, 11) is 0. The van der Waals surface area contributed by atoms with Gasteiger partial charge in [-0.3, -0.25) is 0 Å². The lowest BCUT2D eigenvalue weighted by Crippen LogP contribution is -2.56. The van der Waals surface area contributed by atoms with Gasteiger partial charge in [-0.1, -0.05) is 13.8 Å². The predicted octanol–water partition coefficient (Wildman–Crippen LogP) is 2.58. The first-order valence-corrected chi connectivity index (χ1v) is 6.12. The van der Waals surface area contributed by atoms with Crippen molar-refractivity contribution in [1.82, 2.24) is 0 Å². The van der Waals surface area contributed by atoms with Crippen LogP contribution in [0.4, 0.5) is 14.5 Å². The molecule has 0 amide bonds. The molecule has 1 aromatic rings. The van der Waals surface area contributed by atoms with Crippen molar-refractivity contribution in [3.63, 3.8) is 0 Å². The largest absolute Gasteiger partial charge is 0.586 e. The van der Waals surface area contributed by atoms with Gasteiger partial charge in [-0.15, -0.1) is 8.78 Å². The molecule has 104 valence electrons. The molecule has 0 bridgehead atoms. The minimum atomic E-state index is -3.59. The Hall–Kier alpha value is -1.56. The van der Waals surface area contributed by atoms with Crippen molar-refractivity contribution in [2.45, 2.75) is 38.7 Å². The third-order valence-electron chi connectivity index (χ3n) is 3.96. The van der Waals surface area contributed by atoms with Gasteiger partial charge in [0.1, 0.15) is 0 Å². The van der Waals surface area contributed by atoms with Crippen LogP contribution < -0.4 is 14.8 Å². The van der Waals surface area contributed by atoms with Crippen LogP contribution in [0.3, 0.4) is 0 Å². The third kappa shape index (κ3) is 2.00. The maximum atomic E-state index is 12.9. The van der Waals surface area contributed by atoms with Crippen molar-refractivity contribution in [3.8, 4) is 11.5 Å². The minimum Gasteiger partial charge on any atom is -0.395 e. The third-order valence-corrected chi connectivity index (χ3v) is 3.96. The lowest BCUT2D eigenvalue weighted by Gasteiger charge is -2.49. The highest BCUT2D eigenvalue weighted by Crippen LogP contribution is 2.45. The summed E-state index contributed by atoms with van der Waals surface area (Å²) in [5.74, 6) is 0.0520. The van der Waals surface area contributed by atoms with E-state index < -0.39 is 6.29 Å². The molecule has 1 fully saturated rings. The summed E-state index contributed by atoms with van der Waals surface area (Å²) in [6.07, 6.45) is -3.30. The Morgan fingerprint density at radius 2 is 1.95 bits per heavy atom. The quantitative estimate of drug-likeness (QED) is 0.868. The minimum absolute atomic E-state index is 0.0210. The van der Waals surface area contributed by atoms with Gasteiger partial charge >= 0.3 is 6.29 Å². The summed E-state index contributed by atoms with van der Waals surface area (Å²) in [4.78, 5) is 0. The first kappa shape index (κ1) is 12.5. The molecule has 2 N–H and O–H groups in total. The van der Waals surface area contributed by atoms with Crippen molar-refractivity contribution in [2.75, 3.05) is 5.32 Å². The number of ether oxygens (including phenoxy) is 2. The smallest absolute Gasteiger partial charge is 0.395 e. The van der Waals surface area contributed by atoms with Crippen LogP contribution in [0.15, 0.2) is 18.2 Å². The Labute approximate surface area is 109 Å². The SMILES string of the molecule is CC1(C)C(O)CC1Nc1ccc2c(c1)OC(F)(F)O2. The number of aliphatic hydroxyl groups is 1. The molecule has 1 saturated carbocycles. The Kier molecular flexibility index (Phi) is 2.44. The number of halogens is 2. The van der Waals surface area contributed by atoms with Crippen LogP contribution in [0, 0.1) is 5.41 Å². The van der Waals surface area contributed by atoms with Crippen LogP contribution in [-0.2, 0) is 0 Å². The fraction of sp³-hybridized carbons (Fsp3) is 0.538. The van der Waals surface area contributed by atoms with Crippen LogP contribution in [0.5, 0.6) is 11.5 Å². The topological polar surface area (TPSA) is 50.7 Å². The van der Waals surface area contributed by atoms with E-state index in [9.17, 15) is 13.9 Å². The number of fused-ring (bicyclic) bond motifs is 1. The Morgan fingerprint density at radius 1 is 1.26 bits per heavy atom. The van der Waals surface area contributed by atoms with Crippen molar-refractivity contribution in [1.29, 1.82) is 0 Å². The van der Waals surface area contributed by atoms with Crippen LogP contribution in [0.2, 0.25) is 0 Å². The second kappa shape index (κ2) is 3.72. The van der Waals surface area contributed by atoms with Crippen molar-refractivity contribution < 1.29 is 23.4 Å². The lowest BCUT2D eigenvalue weighted by atomic mass is 9.64. The number of hydrogen-bond acceptors (Lipinski definition) is 4. The van der Waals surface area contributed by atoms with E-state index in [0.29, 0.717) is 12.1 Å². The Morgan fingerprint density at radius 3 is 2.58 bits per heavy atom. The number of benzene rings is 1. The van der Waals surface area contributed by atoms with E-state index in [1.807, 2.05) is 13.8 Å². The highest BCUT2D eigenvalue weighted by Gasteiger charge is 2.47. The zero-order chi connectivity index (χ0) is 13.8. The van der Waals surface area contributed by atoms with Crippen molar-refractivity contribution in [3.05, 3.63) is 18.2 Å². The fourth-order valence-corrected chi connectivity index (χ4v) is 2.39. The molecule has 19 heavy (non-hydrogen) atoms. The van der Waals surface area contributed by atoms with Gasteiger partial charge in [0.15, 0.2) is 11.5 Å². The van der Waals surface area contributed by atoms with Gasteiger partial charge in [-0.05, 0) is 18.6 Å². The van der Waals surface area contributed by atoms with Gasteiger partial charge in [0.05, 0.1) is 6.10 Å². The number of alkyl halides is 2. The molecule has 0 saturated heterocycles. The maximum Gasteiger partial charge on any atom is 0.586 e.